The number of anilines is 1. The third-order valence-electron chi connectivity index (χ3n) is 2.36. The molecule has 0 fully saturated rings. The summed E-state index contributed by atoms with van der Waals surface area (Å²) in [6, 6.07) is -0.154. The van der Waals surface area contributed by atoms with Crippen LogP contribution in [0.25, 0.3) is 0 Å². The fourth-order valence-electron chi connectivity index (χ4n) is 1.28. The van der Waals surface area contributed by atoms with Gasteiger partial charge < -0.3 is 20.5 Å². The van der Waals surface area contributed by atoms with Gasteiger partial charge in [0.05, 0.1) is 19.8 Å². The van der Waals surface area contributed by atoms with Gasteiger partial charge in [0.15, 0.2) is 16.6 Å². The third-order valence-corrected chi connectivity index (χ3v) is 2.58. The molecule has 1 atom stereocenters. The van der Waals surface area contributed by atoms with Gasteiger partial charge >= 0.3 is 5.97 Å². The Morgan fingerprint density at radius 1 is 1.53 bits per heavy atom. The number of methoxy groups -OCH3 is 1. The van der Waals surface area contributed by atoms with Crippen molar-refractivity contribution in [2.24, 2.45) is 0 Å². The largest absolute Gasteiger partial charge is 0.464 e. The number of rotatable bonds is 5. The van der Waals surface area contributed by atoms with E-state index in [1.807, 2.05) is 6.92 Å². The first-order valence-corrected chi connectivity index (χ1v) is 6.10. The molecular weight excluding hydrogens is 268 g/mol. The molecule has 1 aromatic rings. The lowest BCUT2D eigenvalue weighted by Gasteiger charge is -2.17. The predicted octanol–water partition coefficient (Wildman–Crippen LogP) is 0.320. The maximum absolute atomic E-state index is 11.5. The van der Waals surface area contributed by atoms with E-state index >= 15 is 0 Å². The molecule has 1 rings (SSSR count). The van der Waals surface area contributed by atoms with Gasteiger partial charge in [-0.15, -0.1) is 0 Å². The maximum Gasteiger partial charge on any atom is 0.360 e. The van der Waals surface area contributed by atoms with E-state index in [0.29, 0.717) is 6.42 Å². The van der Waals surface area contributed by atoms with Gasteiger partial charge in [0.25, 0.3) is 0 Å². The first-order valence-electron chi connectivity index (χ1n) is 5.70. The number of aromatic nitrogens is 2. The number of nitrogens with zero attached hydrogens (tertiary/aromatic N) is 2. The summed E-state index contributed by atoms with van der Waals surface area (Å²) in [6.07, 6.45) is 3.53. The van der Waals surface area contributed by atoms with E-state index in [-0.39, 0.29) is 29.3 Å². The average molecular weight is 284 g/mol. The van der Waals surface area contributed by atoms with Crippen molar-refractivity contribution in [1.82, 2.24) is 15.3 Å². The van der Waals surface area contributed by atoms with Crippen molar-refractivity contribution in [2.45, 2.75) is 19.4 Å². The van der Waals surface area contributed by atoms with Crippen molar-refractivity contribution in [2.75, 3.05) is 19.0 Å². The molecule has 0 radical (unpaired) electrons. The van der Waals surface area contributed by atoms with Crippen molar-refractivity contribution in [1.29, 1.82) is 0 Å². The van der Waals surface area contributed by atoms with Gasteiger partial charge in [-0.3, -0.25) is 0 Å². The van der Waals surface area contributed by atoms with E-state index < -0.39 is 5.97 Å². The number of hydrogen-bond acceptors (Lipinski definition) is 6. The zero-order valence-electron chi connectivity index (χ0n) is 10.7. The summed E-state index contributed by atoms with van der Waals surface area (Å²) in [7, 11) is 1.26. The molecule has 19 heavy (non-hydrogen) atoms. The Hall–Kier alpha value is -1.80. The second-order valence-corrected chi connectivity index (χ2v) is 4.04. The topological polar surface area (TPSA) is 96.4 Å². The molecule has 1 aromatic heterocycles. The number of carbonyl (C=O) groups is 1. The number of thiocarbonyl (C=S) groups is 1. The van der Waals surface area contributed by atoms with Crippen LogP contribution in [-0.2, 0) is 4.74 Å². The van der Waals surface area contributed by atoms with E-state index in [0.717, 1.165) is 0 Å². The van der Waals surface area contributed by atoms with Crippen molar-refractivity contribution < 1.29 is 14.6 Å². The summed E-state index contributed by atoms with van der Waals surface area (Å²) < 4.78 is 4.60. The van der Waals surface area contributed by atoms with Crippen molar-refractivity contribution >= 4 is 29.1 Å². The number of aliphatic hydroxyl groups excluding tert-OH is 1. The van der Waals surface area contributed by atoms with Gasteiger partial charge in [-0.05, 0) is 18.6 Å². The highest BCUT2D eigenvalue weighted by molar-refractivity contribution is 7.80. The van der Waals surface area contributed by atoms with Gasteiger partial charge in [-0.25, -0.2) is 14.8 Å². The van der Waals surface area contributed by atoms with E-state index in [1.165, 1.54) is 19.5 Å². The lowest BCUT2D eigenvalue weighted by molar-refractivity contribution is 0.0595. The Morgan fingerprint density at radius 2 is 2.21 bits per heavy atom. The molecule has 0 spiro atoms. The fourth-order valence-corrected chi connectivity index (χ4v) is 1.54. The highest BCUT2D eigenvalue weighted by Crippen LogP contribution is 2.09. The normalized spacial score (nSPS) is 11.5. The van der Waals surface area contributed by atoms with Crippen molar-refractivity contribution in [3.8, 4) is 0 Å². The van der Waals surface area contributed by atoms with E-state index in [2.05, 4.69) is 25.3 Å². The summed E-state index contributed by atoms with van der Waals surface area (Å²) in [4.78, 5) is 19.3. The number of esters is 1. The summed E-state index contributed by atoms with van der Waals surface area (Å²) in [6.45, 7) is 1.88. The highest BCUT2D eigenvalue weighted by atomic mass is 32.1. The molecule has 0 aliphatic heterocycles. The minimum Gasteiger partial charge on any atom is -0.464 e. The molecule has 0 saturated heterocycles. The van der Waals surface area contributed by atoms with Crippen LogP contribution >= 0.6 is 12.2 Å². The minimum absolute atomic E-state index is 0.0390. The van der Waals surface area contributed by atoms with Crippen LogP contribution in [0.1, 0.15) is 23.8 Å². The molecular formula is C11H16N4O3S. The first kappa shape index (κ1) is 15.3. The lowest BCUT2D eigenvalue weighted by Crippen LogP contribution is -2.40. The Bertz CT molecular complexity index is 451. The minimum atomic E-state index is -0.604. The fraction of sp³-hybridized carbons (Fsp3) is 0.455. The van der Waals surface area contributed by atoms with Gasteiger partial charge in [0.2, 0.25) is 0 Å². The SMILES string of the molecule is CC[C@H](CO)NC(=S)Nc1nccnc1C(=O)OC. The second-order valence-electron chi connectivity index (χ2n) is 3.63. The highest BCUT2D eigenvalue weighted by Gasteiger charge is 2.16. The van der Waals surface area contributed by atoms with E-state index in [9.17, 15) is 4.79 Å². The molecule has 0 unspecified atom stereocenters. The first-order chi connectivity index (χ1) is 9.12. The Kier molecular flexibility index (Phi) is 6.10. The quantitative estimate of drug-likeness (QED) is 0.525. The van der Waals surface area contributed by atoms with Crippen LogP contribution in [0.2, 0.25) is 0 Å². The van der Waals surface area contributed by atoms with Crippen molar-refractivity contribution in [3.05, 3.63) is 18.1 Å². The predicted molar refractivity (Wildman–Crippen MR) is 73.9 cm³/mol. The third kappa shape index (κ3) is 4.42. The lowest BCUT2D eigenvalue weighted by atomic mass is 10.2. The zero-order valence-corrected chi connectivity index (χ0v) is 11.5. The molecule has 0 amide bonds. The molecule has 0 saturated carbocycles. The van der Waals surface area contributed by atoms with Gasteiger partial charge in [-0.1, -0.05) is 6.92 Å². The maximum atomic E-state index is 11.5. The van der Waals surface area contributed by atoms with Crippen LogP contribution in [-0.4, -0.2) is 45.9 Å². The number of ether oxygens (including phenoxy) is 1. The Labute approximate surface area is 116 Å². The summed E-state index contributed by atoms with van der Waals surface area (Å²) in [5.74, 6) is -0.396. The summed E-state index contributed by atoms with van der Waals surface area (Å²) in [5.41, 5.74) is 0.0474. The average Bonchev–Trinajstić information content (AvgIpc) is 2.44. The number of aliphatic hydroxyl groups is 1. The van der Waals surface area contributed by atoms with E-state index in [1.54, 1.807) is 0 Å². The van der Waals surface area contributed by atoms with Gasteiger partial charge in [-0.2, -0.15) is 0 Å². The standard InChI is InChI=1S/C11H16N4O3S/c1-3-7(6-16)14-11(19)15-9-8(10(17)18-2)12-4-5-13-9/h4-5,7,16H,3,6H2,1-2H3,(H2,13,14,15,19)/t7-/m1/s1. The molecule has 7 nitrogen and oxygen atoms in total. The summed E-state index contributed by atoms with van der Waals surface area (Å²) >= 11 is 5.07. The molecule has 3 N–H and O–H groups in total. The van der Waals surface area contributed by atoms with Crippen LogP contribution in [0.15, 0.2) is 12.4 Å². The van der Waals surface area contributed by atoms with Crippen LogP contribution in [0.4, 0.5) is 5.82 Å². The molecule has 8 heteroatoms. The number of hydrogen-bond donors (Lipinski definition) is 3. The summed E-state index contributed by atoms with van der Waals surface area (Å²) in [5, 5.41) is 15.0. The number of nitrogens with one attached hydrogen (secondary N) is 2. The molecule has 104 valence electrons. The van der Waals surface area contributed by atoms with Crippen molar-refractivity contribution in [3.63, 3.8) is 0 Å². The monoisotopic (exact) mass is 284 g/mol. The second kappa shape index (κ2) is 7.59. The van der Waals surface area contributed by atoms with Gasteiger partial charge in [0.1, 0.15) is 0 Å². The molecule has 1 heterocycles. The Balaban J connectivity index is 2.76. The smallest absolute Gasteiger partial charge is 0.360 e. The van der Waals surface area contributed by atoms with Crippen LogP contribution in [0.3, 0.4) is 0 Å². The van der Waals surface area contributed by atoms with Gasteiger partial charge in [0, 0.05) is 12.4 Å². The zero-order chi connectivity index (χ0) is 14.3. The van der Waals surface area contributed by atoms with E-state index in [4.69, 9.17) is 17.3 Å². The molecule has 0 bridgehead atoms. The number of carbonyl (C=O) groups excluding carboxylic acids is 1. The van der Waals surface area contributed by atoms with Crippen LogP contribution in [0.5, 0.6) is 0 Å². The molecule has 0 aromatic carbocycles. The molecule has 0 aliphatic rings. The van der Waals surface area contributed by atoms with Crippen LogP contribution in [0, 0.1) is 0 Å². The Morgan fingerprint density at radius 3 is 2.79 bits per heavy atom. The molecule has 0 aliphatic carbocycles. The van der Waals surface area contributed by atoms with Crippen LogP contribution < -0.4 is 10.6 Å².